The van der Waals surface area contributed by atoms with E-state index in [0.717, 1.165) is 0 Å². The molecule has 142 valence electrons. The standard InChI is InChI=1S/C19H21N3O3S2/c1-12(2)10-22-18(24)17-14(8-9-26-17)21-19(22)27-11-16(23)20-13-6-4-5-7-15(13)25-3/h4-9,12H,10-11H2,1-3H3,(H,20,23). The number of nitrogens with one attached hydrogen (secondary N) is 1. The summed E-state index contributed by atoms with van der Waals surface area (Å²) in [5.74, 6) is 0.868. The van der Waals surface area contributed by atoms with Crippen LogP contribution in [0.5, 0.6) is 5.75 Å². The number of rotatable bonds is 7. The van der Waals surface area contributed by atoms with Crippen LogP contribution < -0.4 is 15.6 Å². The van der Waals surface area contributed by atoms with Gasteiger partial charge in [-0.05, 0) is 29.5 Å². The van der Waals surface area contributed by atoms with Crippen LogP contribution in [0.25, 0.3) is 10.2 Å². The maximum Gasteiger partial charge on any atom is 0.272 e. The number of thioether (sulfide) groups is 1. The van der Waals surface area contributed by atoms with Crippen LogP contribution in [0, 0.1) is 5.92 Å². The van der Waals surface area contributed by atoms with Gasteiger partial charge in [-0.2, -0.15) is 0 Å². The van der Waals surface area contributed by atoms with Crippen molar-refractivity contribution in [2.45, 2.75) is 25.5 Å². The topological polar surface area (TPSA) is 73.2 Å². The van der Waals surface area contributed by atoms with E-state index in [1.165, 1.54) is 23.1 Å². The molecule has 6 nitrogen and oxygen atoms in total. The molecule has 8 heteroatoms. The second-order valence-electron chi connectivity index (χ2n) is 6.38. The van der Waals surface area contributed by atoms with Gasteiger partial charge in [0.25, 0.3) is 5.56 Å². The van der Waals surface area contributed by atoms with E-state index in [9.17, 15) is 9.59 Å². The van der Waals surface area contributed by atoms with Gasteiger partial charge in [0.2, 0.25) is 5.91 Å². The van der Waals surface area contributed by atoms with Gasteiger partial charge in [0, 0.05) is 6.54 Å². The van der Waals surface area contributed by atoms with Crippen LogP contribution in [0.1, 0.15) is 13.8 Å². The normalized spacial score (nSPS) is 11.1. The molecule has 0 fully saturated rings. The van der Waals surface area contributed by atoms with Crippen molar-refractivity contribution in [3.63, 3.8) is 0 Å². The Morgan fingerprint density at radius 3 is 2.85 bits per heavy atom. The number of benzene rings is 1. The highest BCUT2D eigenvalue weighted by Gasteiger charge is 2.15. The Kier molecular flexibility index (Phi) is 6.18. The molecule has 2 heterocycles. The summed E-state index contributed by atoms with van der Waals surface area (Å²) in [5, 5.41) is 5.27. The number of ether oxygens (including phenoxy) is 1. The van der Waals surface area contributed by atoms with Crippen molar-refractivity contribution in [2.24, 2.45) is 5.92 Å². The van der Waals surface area contributed by atoms with Crippen LogP contribution in [-0.2, 0) is 11.3 Å². The quantitative estimate of drug-likeness (QED) is 0.479. The van der Waals surface area contributed by atoms with E-state index >= 15 is 0 Å². The number of carbonyl (C=O) groups is 1. The van der Waals surface area contributed by atoms with Gasteiger partial charge in [0.15, 0.2) is 5.16 Å². The third-order valence-electron chi connectivity index (χ3n) is 3.79. The van der Waals surface area contributed by atoms with E-state index < -0.39 is 0 Å². The van der Waals surface area contributed by atoms with E-state index in [4.69, 9.17) is 4.74 Å². The molecule has 1 N–H and O–H groups in total. The largest absolute Gasteiger partial charge is 0.495 e. The van der Waals surface area contributed by atoms with Crippen molar-refractivity contribution in [3.8, 4) is 5.75 Å². The molecule has 0 bridgehead atoms. The molecular formula is C19H21N3O3S2. The molecule has 0 spiro atoms. The van der Waals surface area contributed by atoms with Crippen LogP contribution in [0.2, 0.25) is 0 Å². The first-order valence-electron chi connectivity index (χ1n) is 8.53. The van der Waals surface area contributed by atoms with Gasteiger partial charge in [0.1, 0.15) is 10.4 Å². The van der Waals surface area contributed by atoms with Gasteiger partial charge in [-0.1, -0.05) is 37.7 Å². The molecule has 27 heavy (non-hydrogen) atoms. The maximum atomic E-state index is 12.8. The first kappa shape index (κ1) is 19.4. The van der Waals surface area contributed by atoms with Gasteiger partial charge in [-0.25, -0.2) is 4.98 Å². The molecule has 1 aromatic carbocycles. The van der Waals surface area contributed by atoms with Gasteiger partial charge < -0.3 is 10.1 Å². The van der Waals surface area contributed by atoms with Crippen LogP contribution in [0.3, 0.4) is 0 Å². The minimum Gasteiger partial charge on any atom is -0.495 e. The number of carbonyl (C=O) groups excluding carboxylic acids is 1. The lowest BCUT2D eigenvalue weighted by molar-refractivity contribution is -0.113. The predicted molar refractivity (Wildman–Crippen MR) is 111 cm³/mol. The summed E-state index contributed by atoms with van der Waals surface area (Å²) in [6.45, 7) is 4.66. The van der Waals surface area contributed by atoms with Crippen molar-refractivity contribution in [1.82, 2.24) is 9.55 Å². The first-order chi connectivity index (χ1) is 13.0. The average Bonchev–Trinajstić information content (AvgIpc) is 3.11. The lowest BCUT2D eigenvalue weighted by Gasteiger charge is -2.14. The first-order valence-corrected chi connectivity index (χ1v) is 10.4. The second kappa shape index (κ2) is 8.58. The number of para-hydroxylation sites is 2. The highest BCUT2D eigenvalue weighted by atomic mass is 32.2. The number of hydrogen-bond donors (Lipinski definition) is 1. The van der Waals surface area contributed by atoms with E-state index in [1.54, 1.807) is 23.8 Å². The number of methoxy groups -OCH3 is 1. The fourth-order valence-electron chi connectivity index (χ4n) is 2.62. The zero-order chi connectivity index (χ0) is 19.4. The molecule has 0 unspecified atom stereocenters. The summed E-state index contributed by atoms with van der Waals surface area (Å²) in [5.41, 5.74) is 1.25. The van der Waals surface area contributed by atoms with Crippen molar-refractivity contribution >= 4 is 44.9 Å². The fraction of sp³-hybridized carbons (Fsp3) is 0.316. The Morgan fingerprint density at radius 2 is 2.11 bits per heavy atom. The smallest absolute Gasteiger partial charge is 0.272 e. The molecule has 0 aliphatic carbocycles. The molecule has 0 atom stereocenters. The van der Waals surface area contributed by atoms with Crippen molar-refractivity contribution in [1.29, 1.82) is 0 Å². The number of anilines is 1. The summed E-state index contributed by atoms with van der Waals surface area (Å²) in [6.07, 6.45) is 0. The highest BCUT2D eigenvalue weighted by molar-refractivity contribution is 7.99. The minimum atomic E-state index is -0.180. The third kappa shape index (κ3) is 4.51. The molecule has 0 aliphatic heterocycles. The van der Waals surface area contributed by atoms with E-state index in [2.05, 4.69) is 10.3 Å². The monoisotopic (exact) mass is 403 g/mol. The van der Waals surface area contributed by atoms with E-state index in [0.29, 0.717) is 39.3 Å². The SMILES string of the molecule is COc1ccccc1NC(=O)CSc1nc2ccsc2c(=O)n1CC(C)C. The molecule has 3 aromatic rings. The number of hydrogen-bond acceptors (Lipinski definition) is 6. The van der Waals surface area contributed by atoms with E-state index in [1.807, 2.05) is 37.4 Å². The van der Waals surface area contributed by atoms with Gasteiger partial charge >= 0.3 is 0 Å². The lowest BCUT2D eigenvalue weighted by atomic mass is 10.2. The predicted octanol–water partition coefficient (Wildman–Crippen LogP) is 3.85. The van der Waals surface area contributed by atoms with Crippen LogP contribution in [-0.4, -0.2) is 28.3 Å². The van der Waals surface area contributed by atoms with Crippen LogP contribution >= 0.6 is 23.1 Å². The van der Waals surface area contributed by atoms with Crippen LogP contribution in [0.15, 0.2) is 45.7 Å². The van der Waals surface area contributed by atoms with Gasteiger partial charge in [0.05, 0.1) is 24.1 Å². The summed E-state index contributed by atoms with van der Waals surface area (Å²) < 4.78 is 7.57. The molecular weight excluding hydrogens is 382 g/mol. The molecule has 0 saturated carbocycles. The molecule has 3 rings (SSSR count). The molecule has 0 saturated heterocycles. The number of aromatic nitrogens is 2. The molecule has 2 aromatic heterocycles. The zero-order valence-electron chi connectivity index (χ0n) is 15.4. The van der Waals surface area contributed by atoms with Crippen molar-refractivity contribution < 1.29 is 9.53 Å². The Morgan fingerprint density at radius 1 is 1.33 bits per heavy atom. The second-order valence-corrected chi connectivity index (χ2v) is 8.23. The number of nitrogens with zero attached hydrogens (tertiary/aromatic N) is 2. The third-order valence-corrected chi connectivity index (χ3v) is 5.66. The minimum absolute atomic E-state index is 0.0451. The summed E-state index contributed by atoms with van der Waals surface area (Å²) in [4.78, 5) is 29.7. The summed E-state index contributed by atoms with van der Waals surface area (Å²) >= 11 is 2.66. The zero-order valence-corrected chi connectivity index (χ0v) is 17.0. The highest BCUT2D eigenvalue weighted by Crippen LogP contribution is 2.25. The Bertz CT molecular complexity index is 1010. The van der Waals surface area contributed by atoms with Crippen molar-refractivity contribution in [2.75, 3.05) is 18.2 Å². The number of thiophene rings is 1. The molecule has 0 radical (unpaired) electrons. The molecule has 0 aliphatic rings. The summed E-state index contributed by atoms with van der Waals surface area (Å²) in [7, 11) is 1.56. The van der Waals surface area contributed by atoms with Gasteiger partial charge in [-0.3, -0.25) is 14.2 Å². The Labute approximate surface area is 165 Å². The Hall–Kier alpha value is -2.32. The van der Waals surface area contributed by atoms with E-state index in [-0.39, 0.29) is 17.2 Å². The summed E-state index contributed by atoms with van der Waals surface area (Å²) in [6, 6.07) is 9.08. The maximum absolute atomic E-state index is 12.8. The lowest BCUT2D eigenvalue weighted by Crippen LogP contribution is -2.25. The fourth-order valence-corrected chi connectivity index (χ4v) is 4.21. The van der Waals surface area contributed by atoms with Gasteiger partial charge in [-0.15, -0.1) is 11.3 Å². The average molecular weight is 404 g/mol. The number of amides is 1. The molecule has 1 amide bonds. The Balaban J connectivity index is 1.79. The van der Waals surface area contributed by atoms with Crippen molar-refractivity contribution in [3.05, 3.63) is 46.1 Å². The van der Waals surface area contributed by atoms with Crippen LogP contribution in [0.4, 0.5) is 5.69 Å². The number of fused-ring (bicyclic) bond motifs is 1.